The van der Waals surface area contributed by atoms with Crippen LogP contribution in [0.4, 0.5) is 11.8 Å². The topological polar surface area (TPSA) is 165 Å². The second-order valence-corrected chi connectivity index (χ2v) is 11.1. The molecule has 14 heteroatoms. The van der Waals surface area contributed by atoms with Gasteiger partial charge in [-0.25, -0.2) is 17.9 Å². The second kappa shape index (κ2) is 10.4. The highest BCUT2D eigenvalue weighted by Gasteiger charge is 2.30. The molecule has 0 bridgehead atoms. The Labute approximate surface area is 218 Å². The number of piperazine rings is 1. The molecular weight excluding hydrogens is 510 g/mol. The van der Waals surface area contributed by atoms with E-state index in [4.69, 9.17) is 15.1 Å². The number of aromatic nitrogens is 6. The van der Waals surface area contributed by atoms with Gasteiger partial charge in [0.1, 0.15) is 5.82 Å². The third-order valence-corrected chi connectivity index (χ3v) is 8.18. The molecule has 1 saturated heterocycles. The summed E-state index contributed by atoms with van der Waals surface area (Å²) in [6.07, 6.45) is 2.13. The molecule has 4 heterocycles. The van der Waals surface area contributed by atoms with Gasteiger partial charge in [-0.05, 0) is 32.0 Å². The first kappa shape index (κ1) is 25.7. The SMILES string of the molecule is CC(C)n1ncc2c(NCC#CCCO)nc(N3CCN(S(=O)(=O)c4ccc5[nH]c(=O)[nH]c5c4)CC3)nc21. The zero-order valence-corrected chi connectivity index (χ0v) is 21.9. The first-order valence-electron chi connectivity index (χ1n) is 12.3. The van der Waals surface area contributed by atoms with Crippen LogP contribution in [0.1, 0.15) is 26.3 Å². The van der Waals surface area contributed by atoms with Crippen molar-refractivity contribution < 1.29 is 13.5 Å². The van der Waals surface area contributed by atoms with Gasteiger partial charge >= 0.3 is 5.69 Å². The molecule has 13 nitrogen and oxygen atoms in total. The first-order chi connectivity index (χ1) is 18.3. The maximum atomic E-state index is 13.3. The molecule has 1 aliphatic heterocycles. The van der Waals surface area contributed by atoms with Crippen molar-refractivity contribution in [2.75, 3.05) is 49.5 Å². The fraction of sp³-hybridized carbons (Fsp3) is 0.417. The highest BCUT2D eigenvalue weighted by Crippen LogP contribution is 2.27. The Bertz CT molecular complexity index is 1690. The number of anilines is 2. The summed E-state index contributed by atoms with van der Waals surface area (Å²) in [7, 11) is -3.75. The standard InChI is InChI=1S/C24H29N9O4S/c1-16(2)33-22-18(15-26-33)21(25-8-4-3-5-13-34)29-23(30-22)31-9-11-32(12-10-31)38(36,37)17-6-7-19-20(14-17)28-24(35)27-19/h6-7,14-16,34H,5,8-13H2,1-2H3,(H,25,29,30)(H2,27,28,35). The summed E-state index contributed by atoms with van der Waals surface area (Å²) < 4.78 is 29.9. The van der Waals surface area contributed by atoms with Crippen molar-refractivity contribution in [3.8, 4) is 11.8 Å². The number of imidazole rings is 1. The van der Waals surface area contributed by atoms with Crippen LogP contribution in [0, 0.1) is 11.8 Å². The number of aromatic amines is 2. The molecule has 0 amide bonds. The van der Waals surface area contributed by atoms with Crippen LogP contribution in [-0.4, -0.2) is 86.9 Å². The number of hydrogen-bond donors (Lipinski definition) is 4. The number of sulfonamides is 1. The number of nitrogens with zero attached hydrogens (tertiary/aromatic N) is 6. The molecule has 0 radical (unpaired) electrons. The summed E-state index contributed by atoms with van der Waals surface area (Å²) in [6, 6.07) is 4.64. The third-order valence-electron chi connectivity index (χ3n) is 6.28. The predicted molar refractivity (Wildman–Crippen MR) is 144 cm³/mol. The summed E-state index contributed by atoms with van der Waals surface area (Å²) >= 11 is 0. The fourth-order valence-electron chi connectivity index (χ4n) is 4.35. The molecule has 4 N–H and O–H groups in total. The second-order valence-electron chi connectivity index (χ2n) is 9.15. The van der Waals surface area contributed by atoms with Gasteiger partial charge < -0.3 is 25.3 Å². The predicted octanol–water partition coefficient (Wildman–Crippen LogP) is 0.885. The van der Waals surface area contributed by atoms with E-state index in [2.05, 4.69) is 32.2 Å². The summed E-state index contributed by atoms with van der Waals surface area (Å²) in [4.78, 5) is 28.4. The van der Waals surface area contributed by atoms with Crippen molar-refractivity contribution in [1.29, 1.82) is 0 Å². The molecule has 0 atom stereocenters. The Morgan fingerprint density at radius 1 is 1.11 bits per heavy atom. The van der Waals surface area contributed by atoms with Gasteiger partial charge in [-0.2, -0.15) is 19.4 Å². The molecule has 1 aliphatic rings. The number of aliphatic hydroxyl groups is 1. The average Bonchev–Trinajstić information content (AvgIpc) is 3.50. The van der Waals surface area contributed by atoms with Gasteiger partial charge in [-0.3, -0.25) is 0 Å². The molecule has 0 unspecified atom stereocenters. The quantitative estimate of drug-likeness (QED) is 0.250. The van der Waals surface area contributed by atoms with Gasteiger partial charge in [-0.15, -0.1) is 0 Å². The summed E-state index contributed by atoms with van der Waals surface area (Å²) in [5.41, 5.74) is 1.29. The van der Waals surface area contributed by atoms with Crippen LogP contribution in [0.5, 0.6) is 0 Å². The van der Waals surface area contributed by atoms with Crippen LogP contribution in [0.25, 0.3) is 22.1 Å². The summed E-state index contributed by atoms with van der Waals surface area (Å²) in [5.74, 6) is 6.92. The first-order valence-corrected chi connectivity index (χ1v) is 13.7. The minimum atomic E-state index is -3.75. The molecule has 0 spiro atoms. The van der Waals surface area contributed by atoms with E-state index in [1.807, 2.05) is 23.4 Å². The molecule has 1 aromatic carbocycles. The number of fused-ring (bicyclic) bond motifs is 2. The smallest absolute Gasteiger partial charge is 0.323 e. The molecule has 0 aliphatic carbocycles. The number of H-pyrrole nitrogens is 2. The molecule has 0 saturated carbocycles. The maximum absolute atomic E-state index is 13.3. The van der Waals surface area contributed by atoms with E-state index in [1.54, 1.807) is 12.3 Å². The number of benzene rings is 1. The largest absolute Gasteiger partial charge is 0.395 e. The van der Waals surface area contributed by atoms with Gasteiger partial charge in [0, 0.05) is 38.6 Å². The van der Waals surface area contributed by atoms with Gasteiger partial charge in [-0.1, -0.05) is 11.8 Å². The van der Waals surface area contributed by atoms with Crippen LogP contribution in [0.2, 0.25) is 0 Å². The highest BCUT2D eigenvalue weighted by molar-refractivity contribution is 7.89. The normalized spacial score (nSPS) is 14.8. The van der Waals surface area contributed by atoms with Crippen molar-refractivity contribution >= 4 is 43.9 Å². The number of hydrogen-bond acceptors (Lipinski definition) is 9. The van der Waals surface area contributed by atoms with E-state index >= 15 is 0 Å². The van der Waals surface area contributed by atoms with Crippen LogP contribution in [0.3, 0.4) is 0 Å². The van der Waals surface area contributed by atoms with Crippen LogP contribution in [-0.2, 0) is 10.0 Å². The average molecular weight is 540 g/mol. The summed E-state index contributed by atoms with van der Waals surface area (Å²) in [6.45, 7) is 5.71. The molecule has 5 rings (SSSR count). The zero-order chi connectivity index (χ0) is 26.9. The highest BCUT2D eigenvalue weighted by atomic mass is 32.2. The number of nitrogens with one attached hydrogen (secondary N) is 3. The van der Waals surface area contributed by atoms with E-state index in [9.17, 15) is 13.2 Å². The Kier molecular flexibility index (Phi) is 7.06. The van der Waals surface area contributed by atoms with Gasteiger partial charge in [0.2, 0.25) is 16.0 Å². The Morgan fingerprint density at radius 2 is 1.87 bits per heavy atom. The van der Waals surface area contributed by atoms with Crippen molar-refractivity contribution in [2.45, 2.75) is 31.2 Å². The number of rotatable bonds is 7. The van der Waals surface area contributed by atoms with Crippen LogP contribution in [0.15, 0.2) is 34.1 Å². The van der Waals surface area contributed by atoms with Gasteiger partial charge in [0.05, 0.1) is 40.7 Å². The van der Waals surface area contributed by atoms with Crippen molar-refractivity contribution in [1.82, 2.24) is 34.0 Å². The van der Waals surface area contributed by atoms with Crippen molar-refractivity contribution in [3.05, 3.63) is 34.9 Å². The van der Waals surface area contributed by atoms with Crippen molar-refractivity contribution in [2.24, 2.45) is 0 Å². The zero-order valence-electron chi connectivity index (χ0n) is 21.1. The molecule has 1 fully saturated rings. The Morgan fingerprint density at radius 3 is 2.61 bits per heavy atom. The van der Waals surface area contributed by atoms with Gasteiger partial charge in [0.25, 0.3) is 0 Å². The Hall–Kier alpha value is -3.93. The van der Waals surface area contributed by atoms with Crippen molar-refractivity contribution in [3.63, 3.8) is 0 Å². The minimum absolute atomic E-state index is 0.0119. The van der Waals surface area contributed by atoms with E-state index in [0.29, 0.717) is 54.5 Å². The summed E-state index contributed by atoms with van der Waals surface area (Å²) in [5, 5.41) is 17.4. The molecular formula is C24H29N9O4S. The molecule has 4 aromatic rings. The lowest BCUT2D eigenvalue weighted by atomic mass is 10.3. The van der Waals surface area contributed by atoms with E-state index in [1.165, 1.54) is 16.4 Å². The minimum Gasteiger partial charge on any atom is -0.395 e. The third kappa shape index (κ3) is 4.95. The lowest BCUT2D eigenvalue weighted by Gasteiger charge is -2.34. The Balaban J connectivity index is 1.37. The fourth-order valence-corrected chi connectivity index (χ4v) is 5.80. The maximum Gasteiger partial charge on any atom is 0.323 e. The molecule has 200 valence electrons. The monoisotopic (exact) mass is 539 g/mol. The lowest BCUT2D eigenvalue weighted by molar-refractivity contribution is 0.305. The molecule has 38 heavy (non-hydrogen) atoms. The van der Waals surface area contributed by atoms with E-state index in [-0.39, 0.29) is 36.3 Å². The van der Waals surface area contributed by atoms with Crippen LogP contribution >= 0.6 is 0 Å². The molecule has 3 aromatic heterocycles. The number of aliphatic hydroxyl groups excluding tert-OH is 1. The van der Waals surface area contributed by atoms with E-state index in [0.717, 1.165) is 5.39 Å². The van der Waals surface area contributed by atoms with Gasteiger partial charge in [0.15, 0.2) is 5.65 Å². The lowest BCUT2D eigenvalue weighted by Crippen LogP contribution is -2.49. The van der Waals surface area contributed by atoms with E-state index < -0.39 is 10.0 Å². The van der Waals surface area contributed by atoms with Crippen LogP contribution < -0.4 is 15.9 Å².